The van der Waals surface area contributed by atoms with Crippen LogP contribution in [-0.4, -0.2) is 47.3 Å². The van der Waals surface area contributed by atoms with Crippen molar-refractivity contribution >= 4 is 22.5 Å². The lowest BCUT2D eigenvalue weighted by Gasteiger charge is -2.24. The molecular formula is C27H36N2O6. The van der Waals surface area contributed by atoms with Crippen LogP contribution >= 0.6 is 0 Å². The summed E-state index contributed by atoms with van der Waals surface area (Å²) >= 11 is 0. The van der Waals surface area contributed by atoms with Crippen LogP contribution in [0.15, 0.2) is 36.4 Å². The number of rotatable bonds is 7. The Labute approximate surface area is 207 Å². The number of nitrogens with one attached hydrogen (secondary N) is 1. The number of aromatic nitrogens is 1. The van der Waals surface area contributed by atoms with Crippen molar-refractivity contribution in [2.24, 2.45) is 0 Å². The number of carbonyl (C=O) groups excluding carboxylic acids is 1. The van der Waals surface area contributed by atoms with Crippen molar-refractivity contribution < 1.29 is 32.1 Å². The summed E-state index contributed by atoms with van der Waals surface area (Å²) in [5.41, 5.74) is 2.59. The van der Waals surface area contributed by atoms with E-state index >= 15 is 0 Å². The second kappa shape index (κ2) is 8.46. The van der Waals surface area contributed by atoms with Gasteiger partial charge in [0.25, 0.3) is 0 Å². The van der Waals surface area contributed by atoms with E-state index in [1.807, 2.05) is 34.9 Å². The Morgan fingerprint density at radius 2 is 1.94 bits per heavy atom. The lowest BCUT2D eigenvalue weighted by molar-refractivity contribution is -0.118. The predicted octanol–water partition coefficient (Wildman–Crippen LogP) is 4.19. The van der Waals surface area contributed by atoms with Gasteiger partial charge < -0.3 is 34.3 Å². The van der Waals surface area contributed by atoms with Crippen molar-refractivity contribution in [3.8, 4) is 17.2 Å². The summed E-state index contributed by atoms with van der Waals surface area (Å²) in [7, 11) is 1.59. The van der Waals surface area contributed by atoms with Crippen molar-refractivity contribution in [1.29, 1.82) is 0 Å². The number of nitrogens with zero attached hydrogens (tertiary/aromatic N) is 1. The number of aliphatic hydroxyl groups excluding tert-OH is 2. The Morgan fingerprint density at radius 3 is 2.60 bits per heavy atom. The molecule has 1 fully saturated rings. The molecule has 0 unspecified atom stereocenters. The molecule has 1 amide bonds. The zero-order valence-electron chi connectivity index (χ0n) is 20.6. The third-order valence-corrected chi connectivity index (χ3v) is 6.92. The zero-order chi connectivity index (χ0) is 25.0. The number of hydrogen-bond donors (Lipinski definition) is 3. The van der Waals surface area contributed by atoms with E-state index in [9.17, 15) is 15.0 Å². The molecule has 0 bridgehead atoms. The van der Waals surface area contributed by atoms with Gasteiger partial charge in [0.1, 0.15) is 5.75 Å². The highest BCUT2D eigenvalue weighted by atomic mass is 16.7. The molecule has 0 saturated heterocycles. The lowest BCUT2D eigenvalue weighted by atomic mass is 9.92. The number of amides is 1. The van der Waals surface area contributed by atoms with Gasteiger partial charge in [0.15, 0.2) is 11.5 Å². The molecule has 0 spiro atoms. The van der Waals surface area contributed by atoms with Gasteiger partial charge in [-0.1, -0.05) is 26.8 Å². The summed E-state index contributed by atoms with van der Waals surface area (Å²) in [4.78, 5) is 13.5. The van der Waals surface area contributed by atoms with Crippen LogP contribution in [0.3, 0.4) is 0 Å². The van der Waals surface area contributed by atoms with Crippen molar-refractivity contribution in [3.63, 3.8) is 0 Å². The third-order valence-electron chi connectivity index (χ3n) is 6.92. The molecule has 3 aromatic rings. The largest absolute Gasteiger partial charge is 0.494 e. The summed E-state index contributed by atoms with van der Waals surface area (Å²) < 4.78 is 18.6. The fourth-order valence-corrected chi connectivity index (χ4v) is 4.90. The molecule has 8 nitrogen and oxygen atoms in total. The van der Waals surface area contributed by atoms with Gasteiger partial charge >= 0.3 is 0 Å². The number of methoxy groups -OCH3 is 1. The molecule has 8 heteroatoms. The second-order valence-corrected chi connectivity index (χ2v) is 10.4. The summed E-state index contributed by atoms with van der Waals surface area (Å²) in [5, 5.41) is 23.6. The van der Waals surface area contributed by atoms with Crippen molar-refractivity contribution in [2.75, 3.05) is 25.8 Å². The average Bonchev–Trinajstić information content (AvgIpc) is 3.36. The minimum atomic E-state index is -0.896. The standard InChI is InChI=1S/C27H32N2O6.2H2/c1-26(2,3)23-10-16-9-18(12-22(33-4)24(16)29(23)13-19(31)14-30)28-25(32)27(7-8-27)17-5-6-20-21(11-17)35-15-34-20;;/h5-6,9-12,19,30-31H,7-8,13-15H2,1-4H3,(H,28,32);2*1H/t19-;;/m0../s1. The van der Waals surface area contributed by atoms with E-state index in [0.717, 1.165) is 35.0 Å². The molecule has 1 aliphatic heterocycles. The molecule has 2 aromatic carbocycles. The topological polar surface area (TPSA) is 102 Å². The number of fused-ring (bicyclic) bond motifs is 2. The van der Waals surface area contributed by atoms with Crippen molar-refractivity contribution in [1.82, 2.24) is 4.57 Å². The predicted molar refractivity (Wildman–Crippen MR) is 137 cm³/mol. The van der Waals surface area contributed by atoms with E-state index in [0.29, 0.717) is 22.9 Å². The maximum atomic E-state index is 13.5. The minimum absolute atomic E-state index is 0. The molecule has 190 valence electrons. The summed E-state index contributed by atoms with van der Waals surface area (Å²) in [6.45, 7) is 6.40. The number of ether oxygens (including phenoxy) is 3. The van der Waals surface area contributed by atoms with Gasteiger partial charge in [-0.3, -0.25) is 4.79 Å². The molecule has 35 heavy (non-hydrogen) atoms. The molecule has 2 aliphatic rings. The SMILES string of the molecule is COc1cc(NC(=O)C2(c3ccc4c(c3)OCO4)CC2)cc2cc(C(C)(C)C)n(C[C@H](O)CO)c12.[HH].[HH]. The van der Waals surface area contributed by atoms with Crippen LogP contribution in [0.2, 0.25) is 0 Å². The summed E-state index contributed by atoms with van der Waals surface area (Å²) in [6, 6.07) is 11.5. The fraction of sp³-hybridized carbons (Fsp3) is 0.444. The van der Waals surface area contributed by atoms with Gasteiger partial charge in [-0.05, 0) is 42.7 Å². The van der Waals surface area contributed by atoms with Gasteiger partial charge in [0, 0.05) is 31.1 Å². The highest BCUT2D eigenvalue weighted by molar-refractivity contribution is 6.03. The first-order valence-electron chi connectivity index (χ1n) is 11.9. The maximum Gasteiger partial charge on any atom is 0.235 e. The smallest absolute Gasteiger partial charge is 0.235 e. The molecule has 1 atom stereocenters. The van der Waals surface area contributed by atoms with E-state index in [1.54, 1.807) is 7.11 Å². The Kier molecular flexibility index (Phi) is 5.68. The lowest BCUT2D eigenvalue weighted by Crippen LogP contribution is -2.27. The Balaban J connectivity index is 0.00000190. The van der Waals surface area contributed by atoms with Gasteiger partial charge in [-0.15, -0.1) is 0 Å². The van der Waals surface area contributed by atoms with E-state index in [4.69, 9.17) is 14.2 Å². The first kappa shape index (κ1) is 23.5. The minimum Gasteiger partial charge on any atom is -0.494 e. The monoisotopic (exact) mass is 484 g/mol. The Morgan fingerprint density at radius 1 is 1.20 bits per heavy atom. The quantitative estimate of drug-likeness (QED) is 0.465. The van der Waals surface area contributed by atoms with Crippen molar-refractivity contribution in [3.05, 3.63) is 47.7 Å². The number of hydrogen-bond acceptors (Lipinski definition) is 6. The summed E-state index contributed by atoms with van der Waals surface area (Å²) in [5.74, 6) is 1.90. The number of benzene rings is 2. The zero-order valence-corrected chi connectivity index (χ0v) is 20.6. The molecule has 5 rings (SSSR count). The second-order valence-electron chi connectivity index (χ2n) is 10.4. The van der Waals surface area contributed by atoms with Crippen LogP contribution < -0.4 is 19.5 Å². The van der Waals surface area contributed by atoms with Gasteiger partial charge in [-0.25, -0.2) is 0 Å². The number of carbonyl (C=O) groups is 1. The third kappa shape index (κ3) is 4.10. The van der Waals surface area contributed by atoms with Crippen LogP contribution in [0, 0.1) is 0 Å². The molecule has 2 heterocycles. The maximum absolute atomic E-state index is 13.5. The Hall–Kier alpha value is -3.23. The van der Waals surface area contributed by atoms with Gasteiger partial charge in [0.05, 0.1) is 37.3 Å². The number of anilines is 1. The van der Waals surface area contributed by atoms with E-state index in [2.05, 4.69) is 32.2 Å². The van der Waals surface area contributed by atoms with Crippen LogP contribution in [0.1, 0.15) is 47.7 Å². The van der Waals surface area contributed by atoms with Crippen molar-refractivity contribution in [2.45, 2.75) is 57.1 Å². The molecule has 0 radical (unpaired) electrons. The average molecular weight is 485 g/mol. The fourth-order valence-electron chi connectivity index (χ4n) is 4.90. The first-order chi connectivity index (χ1) is 16.7. The van der Waals surface area contributed by atoms with E-state index in [-0.39, 0.29) is 34.1 Å². The molecular weight excluding hydrogens is 448 g/mol. The Bertz CT molecular complexity index is 1300. The van der Waals surface area contributed by atoms with Crippen LogP contribution in [-0.2, 0) is 22.2 Å². The highest BCUT2D eigenvalue weighted by Crippen LogP contribution is 2.51. The normalized spacial score (nSPS) is 16.9. The van der Waals surface area contributed by atoms with Gasteiger partial charge in [0.2, 0.25) is 12.7 Å². The highest BCUT2D eigenvalue weighted by Gasteiger charge is 2.51. The molecule has 1 aromatic heterocycles. The van der Waals surface area contributed by atoms with Crippen LogP contribution in [0.25, 0.3) is 10.9 Å². The summed E-state index contributed by atoms with van der Waals surface area (Å²) in [6.07, 6.45) is 0.635. The molecule has 1 aliphatic carbocycles. The van der Waals surface area contributed by atoms with E-state index < -0.39 is 11.5 Å². The van der Waals surface area contributed by atoms with Crippen LogP contribution in [0.5, 0.6) is 17.2 Å². The molecule has 3 N–H and O–H groups in total. The number of aliphatic hydroxyl groups is 2. The van der Waals surface area contributed by atoms with Crippen LogP contribution in [0.4, 0.5) is 5.69 Å². The van der Waals surface area contributed by atoms with Gasteiger partial charge in [-0.2, -0.15) is 0 Å². The first-order valence-corrected chi connectivity index (χ1v) is 11.9. The molecule has 1 saturated carbocycles. The van der Waals surface area contributed by atoms with E-state index in [1.165, 1.54) is 0 Å².